The Labute approximate surface area is 213 Å². The number of benzene rings is 4. The molecule has 4 aromatic carbocycles. The first kappa shape index (κ1) is 25.1. The highest BCUT2D eigenvalue weighted by atomic mass is 16.5. The van der Waals surface area contributed by atoms with Gasteiger partial charge in [-0.3, -0.25) is 0 Å². The van der Waals surface area contributed by atoms with Gasteiger partial charge in [0.15, 0.2) is 0 Å². The van der Waals surface area contributed by atoms with E-state index in [1.165, 1.54) is 11.6 Å². The second-order valence-electron chi connectivity index (χ2n) is 9.05. The number of ether oxygens (including phenoxy) is 3. The number of hydrogen-bond donors (Lipinski definition) is 0. The van der Waals surface area contributed by atoms with E-state index in [1.54, 1.807) is 20.1 Å². The lowest BCUT2D eigenvalue weighted by Gasteiger charge is -2.20. The van der Waals surface area contributed by atoms with Crippen LogP contribution in [0.15, 0.2) is 84.9 Å². The van der Waals surface area contributed by atoms with Crippen LogP contribution in [0.2, 0.25) is 0 Å². The first-order chi connectivity index (χ1) is 17.5. The van der Waals surface area contributed by atoms with E-state index < -0.39 is 0 Å². The Morgan fingerprint density at radius 3 is 2.31 bits per heavy atom. The Balaban J connectivity index is 1.81. The van der Waals surface area contributed by atoms with Crippen LogP contribution >= 0.6 is 0 Å². The lowest BCUT2D eigenvalue weighted by atomic mass is 9.89. The molecule has 4 nitrogen and oxygen atoms in total. The Kier molecular flexibility index (Phi) is 8.06. The highest BCUT2D eigenvalue weighted by molar-refractivity contribution is 5.98. The van der Waals surface area contributed by atoms with Gasteiger partial charge in [-0.05, 0) is 77.7 Å². The fraction of sp³-hybridized carbons (Fsp3) is 0.219. The van der Waals surface area contributed by atoms with Gasteiger partial charge in [-0.1, -0.05) is 62.4 Å². The molecule has 4 rings (SSSR count). The van der Waals surface area contributed by atoms with Gasteiger partial charge in [0, 0.05) is 17.0 Å². The first-order valence-electron chi connectivity index (χ1n) is 12.3. The topological polar surface area (TPSA) is 44.8 Å². The van der Waals surface area contributed by atoms with Crippen LogP contribution in [0, 0.1) is 5.92 Å². The average Bonchev–Trinajstić information content (AvgIpc) is 2.88. The zero-order chi connectivity index (χ0) is 25.5. The van der Waals surface area contributed by atoms with E-state index in [0.717, 1.165) is 51.1 Å². The molecule has 0 amide bonds. The summed E-state index contributed by atoms with van der Waals surface area (Å²) in [5, 5.41) is 2.10. The predicted octanol–water partition coefficient (Wildman–Crippen LogP) is 8.08. The summed E-state index contributed by atoms with van der Waals surface area (Å²) in [5.41, 5.74) is 4.35. The molecule has 0 N–H and O–H groups in total. The summed E-state index contributed by atoms with van der Waals surface area (Å²) in [7, 11) is 1.68. The van der Waals surface area contributed by atoms with Crippen LogP contribution in [0.5, 0.6) is 17.2 Å². The van der Waals surface area contributed by atoms with Crippen molar-refractivity contribution in [2.75, 3.05) is 13.7 Å². The van der Waals surface area contributed by atoms with E-state index in [0.29, 0.717) is 12.5 Å². The molecule has 184 valence electrons. The zero-order valence-electron chi connectivity index (χ0n) is 21.3. The first-order valence-corrected chi connectivity index (χ1v) is 12.3. The molecule has 0 fully saturated rings. The minimum absolute atomic E-state index is 0.353. The van der Waals surface area contributed by atoms with Crippen LogP contribution in [-0.4, -0.2) is 19.7 Å². The van der Waals surface area contributed by atoms with Crippen LogP contribution in [0.25, 0.3) is 28.0 Å². The number of fused-ring (bicyclic) bond motifs is 1. The van der Waals surface area contributed by atoms with Crippen molar-refractivity contribution in [3.63, 3.8) is 0 Å². The van der Waals surface area contributed by atoms with Gasteiger partial charge in [-0.2, -0.15) is 0 Å². The summed E-state index contributed by atoms with van der Waals surface area (Å²) >= 11 is 0. The van der Waals surface area contributed by atoms with Crippen molar-refractivity contribution in [3.05, 3.63) is 96.1 Å². The van der Waals surface area contributed by atoms with Crippen molar-refractivity contribution in [2.45, 2.75) is 27.2 Å². The summed E-state index contributed by atoms with van der Waals surface area (Å²) in [4.78, 5) is 11.6. The van der Waals surface area contributed by atoms with Crippen molar-refractivity contribution in [2.24, 2.45) is 5.92 Å². The quantitative estimate of drug-likeness (QED) is 0.179. The number of carbonyl (C=O) groups excluding carboxylic acids is 1. The monoisotopic (exact) mass is 480 g/mol. The van der Waals surface area contributed by atoms with Crippen LogP contribution in [0.1, 0.15) is 31.9 Å². The van der Waals surface area contributed by atoms with E-state index >= 15 is 0 Å². The third kappa shape index (κ3) is 5.95. The van der Waals surface area contributed by atoms with Gasteiger partial charge in [-0.15, -0.1) is 0 Å². The summed E-state index contributed by atoms with van der Waals surface area (Å²) in [5.74, 6) is 2.49. The lowest BCUT2D eigenvalue weighted by molar-refractivity contribution is -0.137. The Hall–Kier alpha value is -4.05. The second-order valence-corrected chi connectivity index (χ2v) is 9.05. The Morgan fingerprint density at radius 1 is 0.917 bits per heavy atom. The molecule has 0 aromatic heterocycles. The molecule has 0 unspecified atom stereocenters. The number of carbonyl (C=O) groups is 1. The summed E-state index contributed by atoms with van der Waals surface area (Å²) in [6.45, 7) is 6.61. The number of esters is 1. The summed E-state index contributed by atoms with van der Waals surface area (Å²) < 4.78 is 17.1. The molecule has 0 atom stereocenters. The molecule has 0 heterocycles. The third-order valence-electron chi connectivity index (χ3n) is 5.87. The zero-order valence-corrected chi connectivity index (χ0v) is 21.3. The Bertz CT molecular complexity index is 1350. The van der Waals surface area contributed by atoms with Gasteiger partial charge in [-0.25, -0.2) is 4.79 Å². The van der Waals surface area contributed by atoms with Crippen molar-refractivity contribution in [3.8, 4) is 28.4 Å². The molecule has 4 heteroatoms. The van der Waals surface area contributed by atoms with Crippen LogP contribution in [-0.2, 0) is 16.0 Å². The molecule has 4 aromatic rings. The highest BCUT2D eigenvalue weighted by Crippen LogP contribution is 2.43. The van der Waals surface area contributed by atoms with Crippen molar-refractivity contribution < 1.29 is 19.0 Å². The molecular weight excluding hydrogens is 448 g/mol. The highest BCUT2D eigenvalue weighted by Gasteiger charge is 2.19. The minimum atomic E-state index is -0.353. The van der Waals surface area contributed by atoms with Gasteiger partial charge < -0.3 is 14.2 Å². The van der Waals surface area contributed by atoms with Gasteiger partial charge in [0.05, 0.1) is 13.7 Å². The van der Waals surface area contributed by atoms with Gasteiger partial charge in [0.2, 0.25) is 0 Å². The van der Waals surface area contributed by atoms with Crippen molar-refractivity contribution >= 4 is 22.8 Å². The molecular formula is C32H32O4. The van der Waals surface area contributed by atoms with Crippen molar-refractivity contribution in [1.82, 2.24) is 0 Å². The molecule has 0 saturated heterocycles. The van der Waals surface area contributed by atoms with Crippen LogP contribution < -0.4 is 9.47 Å². The van der Waals surface area contributed by atoms with E-state index in [-0.39, 0.29) is 5.97 Å². The van der Waals surface area contributed by atoms with E-state index in [4.69, 9.17) is 14.2 Å². The largest absolute Gasteiger partial charge is 0.497 e. The maximum atomic E-state index is 11.6. The van der Waals surface area contributed by atoms with E-state index in [9.17, 15) is 4.79 Å². The normalized spacial score (nSPS) is 11.2. The fourth-order valence-corrected chi connectivity index (χ4v) is 4.28. The standard InChI is InChI=1S/C32H32O4/c1-5-35-30(33)18-13-23-11-14-27(15-12-23)36-32-29-17-16-28(34-4)21-25(29)20-26(19-22(2)3)31(32)24-9-7-6-8-10-24/h6-18,20-22H,5,19H2,1-4H3/b18-13+. The molecule has 0 spiro atoms. The van der Waals surface area contributed by atoms with Crippen molar-refractivity contribution in [1.29, 1.82) is 0 Å². The summed E-state index contributed by atoms with van der Waals surface area (Å²) in [6.07, 6.45) is 4.09. The Morgan fingerprint density at radius 2 is 1.64 bits per heavy atom. The van der Waals surface area contributed by atoms with Gasteiger partial charge in [0.1, 0.15) is 17.2 Å². The van der Waals surface area contributed by atoms with Crippen LogP contribution in [0.3, 0.4) is 0 Å². The fourth-order valence-electron chi connectivity index (χ4n) is 4.28. The van der Waals surface area contributed by atoms with Gasteiger partial charge >= 0.3 is 5.97 Å². The van der Waals surface area contributed by atoms with Crippen LogP contribution in [0.4, 0.5) is 0 Å². The molecule has 0 aliphatic carbocycles. The average molecular weight is 481 g/mol. The third-order valence-corrected chi connectivity index (χ3v) is 5.87. The maximum absolute atomic E-state index is 11.6. The number of rotatable bonds is 9. The SMILES string of the molecule is CCOC(=O)/C=C/c1ccc(Oc2c(-c3ccccc3)c(CC(C)C)cc3cc(OC)ccc23)cc1. The number of methoxy groups -OCH3 is 1. The molecule has 0 aliphatic rings. The van der Waals surface area contributed by atoms with E-state index in [2.05, 4.69) is 56.3 Å². The minimum Gasteiger partial charge on any atom is -0.497 e. The molecule has 0 bridgehead atoms. The molecule has 0 aliphatic heterocycles. The lowest BCUT2D eigenvalue weighted by Crippen LogP contribution is -2.01. The summed E-state index contributed by atoms with van der Waals surface area (Å²) in [6, 6.07) is 26.4. The predicted molar refractivity (Wildman–Crippen MR) is 147 cm³/mol. The molecule has 36 heavy (non-hydrogen) atoms. The van der Waals surface area contributed by atoms with E-state index in [1.807, 2.05) is 36.4 Å². The smallest absolute Gasteiger partial charge is 0.330 e. The number of hydrogen-bond acceptors (Lipinski definition) is 4. The second kappa shape index (κ2) is 11.6. The van der Waals surface area contributed by atoms with Gasteiger partial charge in [0.25, 0.3) is 0 Å². The molecule has 0 saturated carbocycles. The maximum Gasteiger partial charge on any atom is 0.330 e. The molecule has 0 radical (unpaired) electrons.